The summed E-state index contributed by atoms with van der Waals surface area (Å²) in [5, 5.41) is 0.0267. The number of sulfonamides is 1. The number of aryl methyl sites for hydroxylation is 1. The lowest BCUT2D eigenvalue weighted by Crippen LogP contribution is -2.35. The molecule has 0 amide bonds. The fraction of sp³-hybridized carbons (Fsp3) is 0.400. The number of aromatic nitrogens is 2. The monoisotopic (exact) mass is 337 g/mol. The molecular weight excluding hydrogens is 318 g/mol. The van der Waals surface area contributed by atoms with Crippen LogP contribution in [-0.2, 0) is 23.5 Å². The van der Waals surface area contributed by atoms with E-state index < -0.39 is 10.0 Å². The minimum Gasteiger partial charge on any atom is -0.493 e. The molecule has 2 aromatic rings. The first kappa shape index (κ1) is 15.8. The van der Waals surface area contributed by atoms with Gasteiger partial charge >= 0.3 is 0 Å². The molecule has 0 fully saturated rings. The van der Waals surface area contributed by atoms with E-state index in [1.54, 1.807) is 18.7 Å². The third kappa shape index (κ3) is 3.32. The minimum atomic E-state index is -3.59. The standard InChI is InChI=1S/C15H19N3O4S/c1-18-8-14(16-10-18)23(19,20)17-7-11-6-12-4-3-5-13(21-2)15(12)22-9-11/h3-5,8,10-11,17H,6-7,9H2,1-2H3. The molecule has 124 valence electrons. The maximum Gasteiger partial charge on any atom is 0.259 e. The van der Waals surface area contributed by atoms with Gasteiger partial charge in [0.1, 0.15) is 0 Å². The zero-order valence-corrected chi connectivity index (χ0v) is 13.8. The first-order chi connectivity index (χ1) is 11.0. The highest BCUT2D eigenvalue weighted by molar-refractivity contribution is 7.89. The van der Waals surface area contributed by atoms with Gasteiger partial charge in [-0.1, -0.05) is 12.1 Å². The Morgan fingerprint density at radius 3 is 3.00 bits per heavy atom. The van der Waals surface area contributed by atoms with E-state index in [4.69, 9.17) is 9.47 Å². The number of hydrogen-bond acceptors (Lipinski definition) is 5. The van der Waals surface area contributed by atoms with Crippen LogP contribution >= 0.6 is 0 Å². The number of nitrogens with one attached hydrogen (secondary N) is 1. The normalized spacial score (nSPS) is 17.4. The average Bonchev–Trinajstić information content (AvgIpc) is 2.99. The summed E-state index contributed by atoms with van der Waals surface area (Å²) in [4.78, 5) is 3.87. The molecule has 1 aromatic carbocycles. The van der Waals surface area contributed by atoms with Gasteiger partial charge in [-0.05, 0) is 18.1 Å². The van der Waals surface area contributed by atoms with Crippen LogP contribution in [0, 0.1) is 5.92 Å². The van der Waals surface area contributed by atoms with Crippen LogP contribution in [0.1, 0.15) is 5.56 Å². The van der Waals surface area contributed by atoms with Crippen molar-refractivity contribution in [2.24, 2.45) is 13.0 Å². The second-order valence-corrected chi connectivity index (χ2v) is 7.27. The largest absolute Gasteiger partial charge is 0.493 e. The van der Waals surface area contributed by atoms with Gasteiger partial charge in [-0.25, -0.2) is 18.1 Å². The smallest absolute Gasteiger partial charge is 0.259 e. The number of nitrogens with zero attached hydrogens (tertiary/aromatic N) is 2. The summed E-state index contributed by atoms with van der Waals surface area (Å²) in [6.07, 6.45) is 3.66. The van der Waals surface area contributed by atoms with Gasteiger partial charge < -0.3 is 14.0 Å². The quantitative estimate of drug-likeness (QED) is 0.879. The van der Waals surface area contributed by atoms with Gasteiger partial charge in [0.25, 0.3) is 10.0 Å². The predicted octanol–water partition coefficient (Wildman–Crippen LogP) is 0.958. The van der Waals surface area contributed by atoms with Gasteiger partial charge in [0.2, 0.25) is 0 Å². The van der Waals surface area contributed by atoms with Crippen molar-refractivity contribution >= 4 is 10.0 Å². The second kappa shape index (κ2) is 6.21. The Bertz CT molecular complexity index is 801. The highest BCUT2D eigenvalue weighted by Gasteiger charge is 2.25. The Morgan fingerprint density at radius 1 is 1.48 bits per heavy atom. The number of rotatable bonds is 5. The Kier molecular flexibility index (Phi) is 4.27. The molecule has 0 spiro atoms. The highest BCUT2D eigenvalue weighted by Crippen LogP contribution is 2.35. The minimum absolute atomic E-state index is 0.0267. The SMILES string of the molecule is COc1cccc2c1OCC(CNS(=O)(=O)c1cn(C)cn1)C2. The molecule has 0 saturated heterocycles. The lowest BCUT2D eigenvalue weighted by molar-refractivity contribution is 0.213. The fourth-order valence-electron chi connectivity index (χ4n) is 2.58. The summed E-state index contributed by atoms with van der Waals surface area (Å²) < 4.78 is 39.6. The van der Waals surface area contributed by atoms with Gasteiger partial charge in [-0.15, -0.1) is 0 Å². The molecule has 8 heteroatoms. The maximum atomic E-state index is 12.2. The molecule has 1 N–H and O–H groups in total. The molecule has 0 saturated carbocycles. The summed E-state index contributed by atoms with van der Waals surface area (Å²) in [6, 6.07) is 5.72. The summed E-state index contributed by atoms with van der Waals surface area (Å²) in [6.45, 7) is 0.744. The molecule has 0 bridgehead atoms. The van der Waals surface area contributed by atoms with Crippen LogP contribution < -0.4 is 14.2 Å². The Balaban J connectivity index is 1.66. The van der Waals surface area contributed by atoms with Crippen LogP contribution in [0.15, 0.2) is 35.7 Å². The number of hydrogen-bond donors (Lipinski definition) is 1. The first-order valence-corrected chi connectivity index (χ1v) is 8.74. The highest BCUT2D eigenvalue weighted by atomic mass is 32.2. The average molecular weight is 337 g/mol. The molecule has 1 aliphatic rings. The van der Waals surface area contributed by atoms with Crippen LogP contribution in [0.5, 0.6) is 11.5 Å². The topological polar surface area (TPSA) is 82.5 Å². The van der Waals surface area contributed by atoms with E-state index >= 15 is 0 Å². The second-order valence-electron chi connectivity index (χ2n) is 5.56. The third-order valence-electron chi connectivity index (χ3n) is 3.77. The van der Waals surface area contributed by atoms with Crippen LogP contribution in [-0.4, -0.2) is 38.2 Å². The van der Waals surface area contributed by atoms with E-state index in [0.717, 1.165) is 17.7 Å². The van der Waals surface area contributed by atoms with E-state index in [-0.39, 0.29) is 10.9 Å². The number of imidazole rings is 1. The van der Waals surface area contributed by atoms with E-state index in [0.29, 0.717) is 18.9 Å². The molecule has 7 nitrogen and oxygen atoms in total. The van der Waals surface area contributed by atoms with Gasteiger partial charge in [0.15, 0.2) is 16.5 Å². The van der Waals surface area contributed by atoms with Gasteiger partial charge in [0, 0.05) is 25.7 Å². The molecule has 23 heavy (non-hydrogen) atoms. The molecule has 1 aromatic heterocycles. The predicted molar refractivity (Wildman–Crippen MR) is 84.1 cm³/mol. The van der Waals surface area contributed by atoms with Gasteiger partial charge in [-0.3, -0.25) is 0 Å². The van der Waals surface area contributed by atoms with Crippen molar-refractivity contribution < 1.29 is 17.9 Å². The van der Waals surface area contributed by atoms with Crippen molar-refractivity contribution in [1.29, 1.82) is 0 Å². The zero-order chi connectivity index (χ0) is 16.4. The lowest BCUT2D eigenvalue weighted by atomic mass is 9.96. The molecule has 1 aliphatic heterocycles. The Hall–Kier alpha value is -2.06. The van der Waals surface area contributed by atoms with Crippen LogP contribution in [0.3, 0.4) is 0 Å². The number of ether oxygens (including phenoxy) is 2. The molecule has 3 rings (SSSR count). The molecule has 0 radical (unpaired) electrons. The van der Waals surface area contributed by atoms with E-state index in [2.05, 4.69) is 9.71 Å². The Morgan fingerprint density at radius 2 is 2.30 bits per heavy atom. The maximum absolute atomic E-state index is 12.2. The fourth-order valence-corrected chi connectivity index (χ4v) is 3.67. The van der Waals surface area contributed by atoms with Crippen molar-refractivity contribution in [2.75, 3.05) is 20.3 Å². The summed E-state index contributed by atoms with van der Waals surface area (Å²) >= 11 is 0. The summed E-state index contributed by atoms with van der Waals surface area (Å²) in [5.74, 6) is 1.52. The lowest BCUT2D eigenvalue weighted by Gasteiger charge is -2.26. The van der Waals surface area contributed by atoms with Crippen molar-refractivity contribution in [1.82, 2.24) is 14.3 Å². The first-order valence-electron chi connectivity index (χ1n) is 7.26. The van der Waals surface area contributed by atoms with Crippen molar-refractivity contribution in [3.05, 3.63) is 36.3 Å². The van der Waals surface area contributed by atoms with Crippen LogP contribution in [0.25, 0.3) is 0 Å². The Labute approximate surface area is 135 Å². The third-order valence-corrected chi connectivity index (χ3v) is 5.08. The van der Waals surface area contributed by atoms with Gasteiger partial charge in [-0.2, -0.15) is 0 Å². The van der Waals surface area contributed by atoms with Crippen LogP contribution in [0.4, 0.5) is 0 Å². The van der Waals surface area contributed by atoms with Crippen molar-refractivity contribution in [3.63, 3.8) is 0 Å². The molecule has 1 atom stereocenters. The number of methoxy groups -OCH3 is 1. The molecular formula is C15H19N3O4S. The van der Waals surface area contributed by atoms with Gasteiger partial charge in [0.05, 0.1) is 20.0 Å². The molecule has 1 unspecified atom stereocenters. The van der Waals surface area contributed by atoms with Crippen molar-refractivity contribution in [3.8, 4) is 11.5 Å². The van der Waals surface area contributed by atoms with Crippen molar-refractivity contribution in [2.45, 2.75) is 11.4 Å². The number of fused-ring (bicyclic) bond motifs is 1. The summed E-state index contributed by atoms with van der Waals surface area (Å²) in [5.41, 5.74) is 1.03. The van der Waals surface area contributed by atoms with Crippen LogP contribution in [0.2, 0.25) is 0 Å². The number of para-hydroxylation sites is 1. The van der Waals surface area contributed by atoms with E-state index in [1.165, 1.54) is 12.5 Å². The molecule has 0 aliphatic carbocycles. The summed E-state index contributed by atoms with van der Waals surface area (Å²) in [7, 11) is -0.260. The van der Waals surface area contributed by atoms with E-state index in [9.17, 15) is 8.42 Å². The van der Waals surface area contributed by atoms with E-state index in [1.807, 2.05) is 18.2 Å². The number of benzene rings is 1. The molecule has 2 heterocycles. The zero-order valence-electron chi connectivity index (χ0n) is 13.0.